The van der Waals surface area contributed by atoms with Gasteiger partial charge in [-0.3, -0.25) is 9.69 Å². The molecule has 1 N–H and O–H groups in total. The van der Waals surface area contributed by atoms with Crippen LogP contribution >= 0.6 is 0 Å². The van der Waals surface area contributed by atoms with Crippen LogP contribution in [0.2, 0.25) is 0 Å². The van der Waals surface area contributed by atoms with Gasteiger partial charge in [0.15, 0.2) is 0 Å². The van der Waals surface area contributed by atoms with Crippen molar-refractivity contribution in [3.05, 3.63) is 70.8 Å². The number of hydrogen-bond acceptors (Lipinski definition) is 2. The fraction of sp³-hybridized carbons (Fsp3) is 0.409. The maximum atomic E-state index is 11.9. The summed E-state index contributed by atoms with van der Waals surface area (Å²) in [6, 6.07) is 16.7. The van der Waals surface area contributed by atoms with Gasteiger partial charge in [-0.05, 0) is 49.4 Å². The first-order valence-electron chi connectivity index (χ1n) is 9.24. The van der Waals surface area contributed by atoms with Gasteiger partial charge in [-0.25, -0.2) is 0 Å². The summed E-state index contributed by atoms with van der Waals surface area (Å²) in [6.45, 7) is 5.06. The number of piperidine rings is 1. The molecule has 0 saturated carbocycles. The third kappa shape index (κ3) is 3.93. The summed E-state index contributed by atoms with van der Waals surface area (Å²) in [4.78, 5) is 14.0. The predicted octanol–water partition coefficient (Wildman–Crippen LogP) is 4.59. The Balaban J connectivity index is 2.05. The highest BCUT2D eigenvalue weighted by molar-refractivity contribution is 5.73. The van der Waals surface area contributed by atoms with Crippen LogP contribution in [0, 0.1) is 6.92 Å². The van der Waals surface area contributed by atoms with Crippen molar-refractivity contribution in [2.24, 2.45) is 0 Å². The molecule has 0 bridgehead atoms. The monoisotopic (exact) mass is 337 g/mol. The van der Waals surface area contributed by atoms with Gasteiger partial charge in [0.25, 0.3) is 0 Å². The summed E-state index contributed by atoms with van der Waals surface area (Å²) >= 11 is 0. The molecule has 2 unspecified atom stereocenters. The summed E-state index contributed by atoms with van der Waals surface area (Å²) in [5.74, 6) is -0.706. The first kappa shape index (κ1) is 17.7. The average molecular weight is 337 g/mol. The minimum atomic E-state index is -0.706. The highest BCUT2D eigenvalue weighted by Crippen LogP contribution is 2.34. The molecule has 0 amide bonds. The lowest BCUT2D eigenvalue weighted by molar-refractivity contribution is -0.145. The molecule has 132 valence electrons. The van der Waals surface area contributed by atoms with Crippen molar-refractivity contribution in [1.29, 1.82) is 0 Å². The maximum Gasteiger partial charge on any atom is 0.320 e. The summed E-state index contributed by atoms with van der Waals surface area (Å²) < 4.78 is 0. The second-order valence-corrected chi connectivity index (χ2v) is 7.00. The Bertz CT molecular complexity index is 723. The van der Waals surface area contributed by atoms with Crippen molar-refractivity contribution in [3.63, 3.8) is 0 Å². The second-order valence-electron chi connectivity index (χ2n) is 7.00. The highest BCUT2D eigenvalue weighted by Gasteiger charge is 2.35. The van der Waals surface area contributed by atoms with Crippen LogP contribution in [-0.2, 0) is 11.2 Å². The van der Waals surface area contributed by atoms with E-state index in [-0.39, 0.29) is 6.04 Å². The SMILES string of the molecule is CCc1ccc(C(c2cccc(C)c2)N2CCCCC2C(=O)O)cc1. The largest absolute Gasteiger partial charge is 0.480 e. The number of carboxylic acids is 1. The molecule has 1 heterocycles. The lowest BCUT2D eigenvalue weighted by Crippen LogP contribution is -2.46. The molecular formula is C22H27NO2. The molecule has 3 rings (SSSR count). The van der Waals surface area contributed by atoms with Crippen molar-refractivity contribution in [2.45, 2.75) is 51.6 Å². The van der Waals surface area contributed by atoms with Crippen molar-refractivity contribution in [2.75, 3.05) is 6.54 Å². The van der Waals surface area contributed by atoms with Gasteiger partial charge in [-0.1, -0.05) is 67.4 Å². The van der Waals surface area contributed by atoms with Gasteiger partial charge in [0, 0.05) is 0 Å². The molecule has 2 aromatic carbocycles. The van der Waals surface area contributed by atoms with Crippen molar-refractivity contribution in [1.82, 2.24) is 4.90 Å². The van der Waals surface area contributed by atoms with Crippen LogP contribution in [0.3, 0.4) is 0 Å². The second kappa shape index (κ2) is 7.83. The van der Waals surface area contributed by atoms with Crippen LogP contribution in [-0.4, -0.2) is 28.6 Å². The number of aliphatic carboxylic acids is 1. The molecular weight excluding hydrogens is 310 g/mol. The third-order valence-electron chi connectivity index (χ3n) is 5.22. The molecule has 3 nitrogen and oxygen atoms in total. The smallest absolute Gasteiger partial charge is 0.320 e. The quantitative estimate of drug-likeness (QED) is 0.868. The molecule has 3 heteroatoms. The molecule has 1 fully saturated rings. The average Bonchev–Trinajstić information content (AvgIpc) is 2.63. The van der Waals surface area contributed by atoms with Gasteiger partial charge in [0.1, 0.15) is 6.04 Å². The highest BCUT2D eigenvalue weighted by atomic mass is 16.4. The van der Waals surface area contributed by atoms with E-state index in [0.717, 1.165) is 32.2 Å². The van der Waals surface area contributed by atoms with Gasteiger partial charge in [0.05, 0.1) is 6.04 Å². The summed E-state index contributed by atoms with van der Waals surface area (Å²) in [5.41, 5.74) is 4.87. The number of carbonyl (C=O) groups is 1. The Kier molecular flexibility index (Phi) is 5.54. The van der Waals surface area contributed by atoms with Crippen molar-refractivity contribution < 1.29 is 9.90 Å². The number of aryl methyl sites for hydroxylation is 2. The molecule has 1 aliphatic heterocycles. The van der Waals surface area contributed by atoms with Crippen LogP contribution in [0.15, 0.2) is 48.5 Å². The fourth-order valence-electron chi connectivity index (χ4n) is 3.88. The van der Waals surface area contributed by atoms with E-state index in [1.807, 2.05) is 0 Å². The van der Waals surface area contributed by atoms with Crippen LogP contribution < -0.4 is 0 Å². The fourth-order valence-corrected chi connectivity index (χ4v) is 3.88. The van der Waals surface area contributed by atoms with Gasteiger partial charge >= 0.3 is 5.97 Å². The Morgan fingerprint density at radius 3 is 2.56 bits per heavy atom. The minimum absolute atomic E-state index is 0.00722. The molecule has 2 atom stereocenters. The molecule has 0 aromatic heterocycles. The molecule has 25 heavy (non-hydrogen) atoms. The van der Waals surface area contributed by atoms with E-state index >= 15 is 0 Å². The number of carboxylic acid groups (broad SMARTS) is 1. The molecule has 0 aliphatic carbocycles. The van der Waals surface area contributed by atoms with E-state index < -0.39 is 12.0 Å². The summed E-state index contributed by atoms with van der Waals surface area (Å²) in [6.07, 6.45) is 3.78. The van der Waals surface area contributed by atoms with E-state index in [1.54, 1.807) is 0 Å². The minimum Gasteiger partial charge on any atom is -0.480 e. The predicted molar refractivity (Wildman–Crippen MR) is 101 cm³/mol. The topological polar surface area (TPSA) is 40.5 Å². The third-order valence-corrected chi connectivity index (χ3v) is 5.22. The van der Waals surface area contributed by atoms with E-state index in [2.05, 4.69) is 67.3 Å². The Labute approximate surface area is 150 Å². The summed E-state index contributed by atoms with van der Waals surface area (Å²) in [5, 5.41) is 9.75. The lowest BCUT2D eigenvalue weighted by Gasteiger charge is -2.39. The first-order valence-corrected chi connectivity index (χ1v) is 9.24. The van der Waals surface area contributed by atoms with Gasteiger partial charge < -0.3 is 5.11 Å². The number of nitrogens with zero attached hydrogens (tertiary/aromatic N) is 1. The van der Waals surface area contributed by atoms with Crippen molar-refractivity contribution >= 4 is 5.97 Å². The number of rotatable bonds is 5. The van der Waals surface area contributed by atoms with E-state index in [4.69, 9.17) is 0 Å². The normalized spacial score (nSPS) is 19.5. The zero-order valence-electron chi connectivity index (χ0n) is 15.1. The molecule has 1 aliphatic rings. The Morgan fingerprint density at radius 1 is 1.16 bits per heavy atom. The standard InChI is InChI=1S/C22H27NO2/c1-3-17-10-12-18(13-11-17)21(19-8-6-7-16(2)15-19)23-14-5-4-9-20(23)22(24)25/h6-8,10-13,15,20-21H,3-5,9,14H2,1-2H3,(H,24,25). The van der Waals surface area contributed by atoms with Crippen LogP contribution in [0.5, 0.6) is 0 Å². The van der Waals surface area contributed by atoms with Crippen LogP contribution in [0.1, 0.15) is 54.5 Å². The Morgan fingerprint density at radius 2 is 1.92 bits per heavy atom. The molecule has 2 aromatic rings. The number of hydrogen-bond donors (Lipinski definition) is 1. The maximum absolute atomic E-state index is 11.9. The van der Waals surface area contributed by atoms with E-state index in [9.17, 15) is 9.90 Å². The van der Waals surface area contributed by atoms with Gasteiger partial charge in [0.2, 0.25) is 0 Å². The van der Waals surface area contributed by atoms with Gasteiger partial charge in [-0.15, -0.1) is 0 Å². The molecule has 0 spiro atoms. The Hall–Kier alpha value is -2.13. The van der Waals surface area contributed by atoms with E-state index in [1.165, 1.54) is 22.3 Å². The first-order chi connectivity index (χ1) is 12.1. The molecule has 1 saturated heterocycles. The molecule has 0 radical (unpaired) electrons. The zero-order chi connectivity index (χ0) is 17.8. The van der Waals surface area contributed by atoms with Gasteiger partial charge in [-0.2, -0.15) is 0 Å². The zero-order valence-corrected chi connectivity index (χ0v) is 15.1. The number of likely N-dealkylation sites (tertiary alicyclic amines) is 1. The number of benzene rings is 2. The van der Waals surface area contributed by atoms with Crippen molar-refractivity contribution in [3.8, 4) is 0 Å². The summed E-state index contributed by atoms with van der Waals surface area (Å²) in [7, 11) is 0. The van der Waals surface area contributed by atoms with Crippen LogP contribution in [0.25, 0.3) is 0 Å². The lowest BCUT2D eigenvalue weighted by atomic mass is 9.90. The van der Waals surface area contributed by atoms with E-state index in [0.29, 0.717) is 0 Å². The van der Waals surface area contributed by atoms with Crippen LogP contribution in [0.4, 0.5) is 0 Å².